The maximum Gasteiger partial charge on any atom is 0.267 e. The van der Waals surface area contributed by atoms with Gasteiger partial charge in [0.2, 0.25) is 5.67 Å². The number of hydrogen-bond acceptors (Lipinski definition) is 4. The van der Waals surface area contributed by atoms with Crippen molar-refractivity contribution >= 4 is 11.6 Å². The lowest BCUT2D eigenvalue weighted by Gasteiger charge is -2.53. The number of alkyl halides is 1. The molecule has 3 atom stereocenters. The molecule has 3 rings (SSSR count). The molecule has 25 heavy (non-hydrogen) atoms. The van der Waals surface area contributed by atoms with E-state index < -0.39 is 29.5 Å². The molecule has 2 aliphatic heterocycles. The molecule has 0 N–H and O–H groups in total. The van der Waals surface area contributed by atoms with Gasteiger partial charge in [-0.1, -0.05) is 13.3 Å². The highest BCUT2D eigenvalue weighted by Gasteiger charge is 2.66. The minimum atomic E-state index is -1.90. The number of rotatable bonds is 6. The van der Waals surface area contributed by atoms with Crippen LogP contribution in [0.4, 0.5) is 10.1 Å². The number of ether oxygens (including phenoxy) is 3. The standard InChI is InChI=1S/C19H26FNO4/c1-5-6-11-19(20)16(15-12-24-18(2,3)25-15)21(17(19)22)13-7-9-14(23-4)10-8-13/h7-10,15-16H,5-6,11-12H2,1-4H3/t15-,16+,19-/m1/s1. The van der Waals surface area contributed by atoms with E-state index in [9.17, 15) is 4.79 Å². The van der Waals surface area contributed by atoms with Crippen molar-refractivity contribution in [3.05, 3.63) is 24.3 Å². The molecular weight excluding hydrogens is 325 g/mol. The molecule has 6 heteroatoms. The second-order valence-electron chi connectivity index (χ2n) is 7.15. The number of methoxy groups -OCH3 is 1. The molecule has 0 spiro atoms. The number of nitrogens with zero attached hydrogens (tertiary/aromatic N) is 1. The van der Waals surface area contributed by atoms with Crippen molar-refractivity contribution in [1.29, 1.82) is 0 Å². The second kappa shape index (κ2) is 6.57. The molecule has 138 valence electrons. The molecule has 0 radical (unpaired) electrons. The Balaban J connectivity index is 1.89. The lowest BCUT2D eigenvalue weighted by atomic mass is 9.76. The normalized spacial score (nSPS) is 31.1. The van der Waals surface area contributed by atoms with Gasteiger partial charge in [-0.3, -0.25) is 9.69 Å². The number of carbonyl (C=O) groups is 1. The van der Waals surface area contributed by atoms with Crippen LogP contribution in [0.1, 0.15) is 40.0 Å². The van der Waals surface area contributed by atoms with Crippen LogP contribution in [-0.2, 0) is 14.3 Å². The number of anilines is 1. The van der Waals surface area contributed by atoms with Gasteiger partial charge in [-0.15, -0.1) is 0 Å². The van der Waals surface area contributed by atoms with E-state index in [4.69, 9.17) is 14.2 Å². The first kappa shape index (κ1) is 18.1. The molecule has 5 nitrogen and oxygen atoms in total. The number of hydrogen-bond donors (Lipinski definition) is 0. The van der Waals surface area contributed by atoms with E-state index in [0.29, 0.717) is 17.9 Å². The highest BCUT2D eigenvalue weighted by atomic mass is 19.1. The molecule has 1 amide bonds. The van der Waals surface area contributed by atoms with E-state index in [0.717, 1.165) is 6.42 Å². The number of carbonyl (C=O) groups excluding carboxylic acids is 1. The van der Waals surface area contributed by atoms with Crippen LogP contribution in [0.15, 0.2) is 24.3 Å². The summed E-state index contributed by atoms with van der Waals surface area (Å²) in [6.45, 7) is 5.87. The highest BCUT2D eigenvalue weighted by molar-refractivity contribution is 6.08. The summed E-state index contributed by atoms with van der Waals surface area (Å²) in [6, 6.07) is 6.38. The summed E-state index contributed by atoms with van der Waals surface area (Å²) in [5.74, 6) is -0.572. The van der Waals surface area contributed by atoms with Crippen LogP contribution in [0.25, 0.3) is 0 Å². The first-order chi connectivity index (χ1) is 11.8. The molecular formula is C19H26FNO4. The molecule has 0 aromatic heterocycles. The Hall–Kier alpha value is -1.66. The van der Waals surface area contributed by atoms with Crippen LogP contribution in [0.5, 0.6) is 5.75 Å². The third-order valence-electron chi connectivity index (χ3n) is 4.95. The van der Waals surface area contributed by atoms with E-state index >= 15 is 4.39 Å². The molecule has 0 aliphatic carbocycles. The lowest BCUT2D eigenvalue weighted by Crippen LogP contribution is -2.76. The van der Waals surface area contributed by atoms with Gasteiger partial charge in [0.15, 0.2) is 5.79 Å². The van der Waals surface area contributed by atoms with Gasteiger partial charge in [-0.25, -0.2) is 4.39 Å². The average molecular weight is 351 g/mol. The zero-order valence-electron chi connectivity index (χ0n) is 15.3. The minimum absolute atomic E-state index is 0.208. The smallest absolute Gasteiger partial charge is 0.267 e. The molecule has 1 aromatic carbocycles. The van der Waals surface area contributed by atoms with E-state index in [1.807, 2.05) is 6.92 Å². The van der Waals surface area contributed by atoms with Crippen molar-refractivity contribution in [3.63, 3.8) is 0 Å². The van der Waals surface area contributed by atoms with Gasteiger partial charge >= 0.3 is 0 Å². The predicted molar refractivity (Wildman–Crippen MR) is 92.5 cm³/mol. The zero-order chi connectivity index (χ0) is 18.2. The van der Waals surface area contributed by atoms with Crippen LogP contribution in [0.3, 0.4) is 0 Å². The fraction of sp³-hybridized carbons (Fsp3) is 0.632. The van der Waals surface area contributed by atoms with Gasteiger partial charge in [0.05, 0.1) is 13.7 Å². The van der Waals surface area contributed by atoms with Crippen molar-refractivity contribution in [3.8, 4) is 5.75 Å². The summed E-state index contributed by atoms with van der Waals surface area (Å²) in [6.07, 6.45) is 1.21. The number of β-lactam (4-membered cyclic amide) rings is 1. The third kappa shape index (κ3) is 3.13. The Labute approximate surface area is 148 Å². The highest BCUT2D eigenvalue weighted by Crippen LogP contribution is 2.46. The van der Waals surface area contributed by atoms with Gasteiger partial charge < -0.3 is 14.2 Å². The molecule has 2 aliphatic rings. The number of halogens is 1. The van der Waals surface area contributed by atoms with Crippen molar-refractivity contribution in [2.75, 3.05) is 18.6 Å². The summed E-state index contributed by atoms with van der Waals surface area (Å²) in [5.41, 5.74) is -1.25. The number of unbranched alkanes of at least 4 members (excludes halogenated alkanes) is 1. The Morgan fingerprint density at radius 1 is 1.32 bits per heavy atom. The van der Waals surface area contributed by atoms with Crippen molar-refractivity contribution in [1.82, 2.24) is 0 Å². The minimum Gasteiger partial charge on any atom is -0.497 e. The SMILES string of the molecule is CCCC[C@]1(F)C(=O)N(c2ccc(OC)cc2)[C@H]1[C@H]1COC(C)(C)O1. The molecule has 2 fully saturated rings. The summed E-state index contributed by atoms with van der Waals surface area (Å²) in [7, 11) is 1.58. The van der Waals surface area contributed by atoms with E-state index in [1.54, 1.807) is 45.2 Å². The van der Waals surface area contributed by atoms with E-state index in [1.165, 1.54) is 4.90 Å². The summed E-state index contributed by atoms with van der Waals surface area (Å²) in [5, 5.41) is 0. The molecule has 0 saturated carbocycles. The van der Waals surface area contributed by atoms with Gasteiger partial charge in [-0.2, -0.15) is 0 Å². The zero-order valence-corrected chi connectivity index (χ0v) is 15.3. The monoisotopic (exact) mass is 351 g/mol. The Kier molecular flexibility index (Phi) is 4.77. The van der Waals surface area contributed by atoms with Crippen LogP contribution >= 0.6 is 0 Å². The number of amides is 1. The fourth-order valence-corrected chi connectivity index (χ4v) is 3.63. The summed E-state index contributed by atoms with van der Waals surface area (Å²) < 4.78 is 32.2. The van der Waals surface area contributed by atoms with E-state index in [2.05, 4.69) is 0 Å². The third-order valence-corrected chi connectivity index (χ3v) is 4.95. The maximum absolute atomic E-state index is 15.6. The first-order valence-corrected chi connectivity index (χ1v) is 8.81. The Morgan fingerprint density at radius 2 is 2.00 bits per heavy atom. The van der Waals surface area contributed by atoms with Crippen LogP contribution in [0.2, 0.25) is 0 Å². The van der Waals surface area contributed by atoms with Gasteiger partial charge in [-0.05, 0) is 51.0 Å². The lowest BCUT2D eigenvalue weighted by molar-refractivity contribution is -0.164. The molecule has 1 aromatic rings. The van der Waals surface area contributed by atoms with Crippen molar-refractivity contribution < 1.29 is 23.4 Å². The van der Waals surface area contributed by atoms with Gasteiger partial charge in [0, 0.05) is 5.69 Å². The van der Waals surface area contributed by atoms with E-state index in [-0.39, 0.29) is 13.0 Å². The quantitative estimate of drug-likeness (QED) is 0.737. The molecule has 0 unspecified atom stereocenters. The predicted octanol–water partition coefficient (Wildman–Crippen LogP) is 3.46. The van der Waals surface area contributed by atoms with Gasteiger partial charge in [0.1, 0.15) is 17.9 Å². The van der Waals surface area contributed by atoms with Crippen molar-refractivity contribution in [2.24, 2.45) is 0 Å². The molecule has 0 bridgehead atoms. The van der Waals surface area contributed by atoms with Crippen LogP contribution in [-0.4, -0.2) is 43.2 Å². The summed E-state index contributed by atoms with van der Waals surface area (Å²) >= 11 is 0. The van der Waals surface area contributed by atoms with Crippen LogP contribution < -0.4 is 9.64 Å². The topological polar surface area (TPSA) is 48.0 Å². The fourth-order valence-electron chi connectivity index (χ4n) is 3.63. The van der Waals surface area contributed by atoms with Crippen LogP contribution in [0, 0.1) is 0 Å². The first-order valence-electron chi connectivity index (χ1n) is 8.81. The van der Waals surface area contributed by atoms with Crippen molar-refractivity contribution in [2.45, 2.75) is 63.6 Å². The Morgan fingerprint density at radius 3 is 2.52 bits per heavy atom. The molecule has 2 heterocycles. The Bertz CT molecular complexity index is 633. The number of benzene rings is 1. The van der Waals surface area contributed by atoms with Gasteiger partial charge in [0.25, 0.3) is 5.91 Å². The molecule has 2 saturated heterocycles. The maximum atomic E-state index is 15.6. The average Bonchev–Trinajstić information content (AvgIpc) is 2.96. The second-order valence-corrected chi connectivity index (χ2v) is 7.15. The summed E-state index contributed by atoms with van der Waals surface area (Å²) in [4.78, 5) is 14.2. The largest absolute Gasteiger partial charge is 0.497 e.